The minimum absolute atomic E-state index is 0.127. The Labute approximate surface area is 250 Å². The quantitative estimate of drug-likeness (QED) is 0.242. The second-order valence-corrected chi connectivity index (χ2v) is 12.1. The van der Waals surface area contributed by atoms with Gasteiger partial charge in [0.2, 0.25) is 11.8 Å². The predicted octanol–water partition coefficient (Wildman–Crippen LogP) is 7.97. The van der Waals surface area contributed by atoms with Crippen molar-refractivity contribution in [3.63, 3.8) is 0 Å². The average molecular weight is 604 g/mol. The lowest BCUT2D eigenvalue weighted by molar-refractivity contribution is -0.139. The van der Waals surface area contributed by atoms with E-state index in [0.29, 0.717) is 32.8 Å². The first-order valence-electron chi connectivity index (χ1n) is 13.3. The number of halogens is 3. The van der Waals surface area contributed by atoms with Crippen molar-refractivity contribution in [1.29, 1.82) is 0 Å². The summed E-state index contributed by atoms with van der Waals surface area (Å²) in [4.78, 5) is 29.4. The fourth-order valence-electron chi connectivity index (χ4n) is 4.92. The Balaban J connectivity index is 1.60. The van der Waals surface area contributed by atoms with E-state index in [-0.39, 0.29) is 30.2 Å². The van der Waals surface area contributed by atoms with Crippen LogP contribution in [-0.4, -0.2) is 34.6 Å². The lowest BCUT2D eigenvalue weighted by atomic mass is 9.94. The van der Waals surface area contributed by atoms with Gasteiger partial charge in [0.1, 0.15) is 6.04 Å². The molecule has 0 aromatic heterocycles. The molecule has 2 amide bonds. The minimum Gasteiger partial charge on any atom is -0.352 e. The number of nitrogens with zero attached hydrogens (tertiary/aromatic N) is 1. The summed E-state index contributed by atoms with van der Waals surface area (Å²) in [7, 11) is 0. The van der Waals surface area contributed by atoms with Crippen molar-refractivity contribution in [2.75, 3.05) is 5.75 Å². The van der Waals surface area contributed by atoms with Crippen molar-refractivity contribution in [1.82, 2.24) is 10.2 Å². The van der Waals surface area contributed by atoms with Crippen LogP contribution in [-0.2, 0) is 28.3 Å². The molecule has 3 aromatic rings. The van der Waals surface area contributed by atoms with Crippen LogP contribution in [0.3, 0.4) is 0 Å². The van der Waals surface area contributed by atoms with Gasteiger partial charge in [0.15, 0.2) is 0 Å². The molecule has 4 nitrogen and oxygen atoms in total. The van der Waals surface area contributed by atoms with Gasteiger partial charge in [-0.3, -0.25) is 9.59 Å². The SMILES string of the molecule is O=C(NC1CCCCC1)C(Cc1ccccc1)N(Cc1c(Cl)cccc1Cl)C(=O)CSCc1cccc(Cl)c1. The van der Waals surface area contributed by atoms with E-state index >= 15 is 0 Å². The molecule has 39 heavy (non-hydrogen) atoms. The summed E-state index contributed by atoms with van der Waals surface area (Å²) in [6, 6.07) is 22.1. The second kappa shape index (κ2) is 15.0. The summed E-state index contributed by atoms with van der Waals surface area (Å²) < 4.78 is 0. The smallest absolute Gasteiger partial charge is 0.243 e. The van der Waals surface area contributed by atoms with Gasteiger partial charge < -0.3 is 10.2 Å². The number of rotatable bonds is 11. The van der Waals surface area contributed by atoms with Crippen LogP contribution in [0.5, 0.6) is 0 Å². The minimum atomic E-state index is -0.707. The van der Waals surface area contributed by atoms with Gasteiger partial charge in [-0.05, 0) is 48.2 Å². The molecule has 1 aliphatic carbocycles. The number of benzene rings is 3. The molecule has 0 saturated heterocycles. The molecule has 3 aromatic carbocycles. The molecule has 1 saturated carbocycles. The topological polar surface area (TPSA) is 49.4 Å². The van der Waals surface area contributed by atoms with Gasteiger partial charge in [0.25, 0.3) is 0 Å². The highest BCUT2D eigenvalue weighted by molar-refractivity contribution is 7.99. The Morgan fingerprint density at radius 1 is 0.872 bits per heavy atom. The second-order valence-electron chi connectivity index (χ2n) is 9.89. The maximum absolute atomic E-state index is 13.9. The van der Waals surface area contributed by atoms with Gasteiger partial charge in [-0.2, -0.15) is 0 Å². The molecule has 206 valence electrons. The molecule has 0 aliphatic heterocycles. The number of thioether (sulfide) groups is 1. The van der Waals surface area contributed by atoms with Gasteiger partial charge in [-0.1, -0.05) is 103 Å². The monoisotopic (exact) mass is 602 g/mol. The molecule has 1 atom stereocenters. The van der Waals surface area contributed by atoms with Crippen molar-refractivity contribution in [2.24, 2.45) is 0 Å². The number of nitrogens with one attached hydrogen (secondary N) is 1. The number of hydrogen-bond acceptors (Lipinski definition) is 3. The first-order valence-corrected chi connectivity index (χ1v) is 15.6. The zero-order chi connectivity index (χ0) is 27.6. The van der Waals surface area contributed by atoms with Gasteiger partial charge in [0.05, 0.1) is 5.75 Å². The highest BCUT2D eigenvalue weighted by Crippen LogP contribution is 2.28. The molecule has 1 fully saturated rings. The van der Waals surface area contributed by atoms with Gasteiger partial charge in [-0.25, -0.2) is 0 Å². The summed E-state index contributed by atoms with van der Waals surface area (Å²) in [5, 5.41) is 4.86. The van der Waals surface area contributed by atoms with Crippen LogP contribution in [0.2, 0.25) is 15.1 Å². The lowest BCUT2D eigenvalue weighted by Gasteiger charge is -2.34. The van der Waals surface area contributed by atoms with Crippen LogP contribution >= 0.6 is 46.6 Å². The van der Waals surface area contributed by atoms with Crippen LogP contribution < -0.4 is 5.32 Å². The summed E-state index contributed by atoms with van der Waals surface area (Å²) in [5.41, 5.74) is 2.66. The van der Waals surface area contributed by atoms with Crippen molar-refractivity contribution in [3.8, 4) is 0 Å². The number of carbonyl (C=O) groups excluding carboxylic acids is 2. The fraction of sp³-hybridized carbons (Fsp3) is 0.355. The Morgan fingerprint density at radius 3 is 2.23 bits per heavy atom. The van der Waals surface area contributed by atoms with Gasteiger partial charge >= 0.3 is 0 Å². The van der Waals surface area contributed by atoms with Crippen molar-refractivity contribution >= 4 is 58.4 Å². The first kappa shape index (κ1) is 29.8. The Kier molecular flexibility index (Phi) is 11.5. The lowest BCUT2D eigenvalue weighted by Crippen LogP contribution is -2.53. The van der Waals surface area contributed by atoms with E-state index in [1.54, 1.807) is 23.1 Å². The molecule has 1 N–H and O–H groups in total. The molecule has 8 heteroatoms. The molecule has 0 radical (unpaired) electrons. The van der Waals surface area contributed by atoms with E-state index in [1.807, 2.05) is 54.6 Å². The average Bonchev–Trinajstić information content (AvgIpc) is 2.93. The highest BCUT2D eigenvalue weighted by atomic mass is 35.5. The number of amides is 2. The molecular weight excluding hydrogens is 571 g/mol. The Hall–Kier alpha value is -2.18. The van der Waals surface area contributed by atoms with Crippen LogP contribution in [0.25, 0.3) is 0 Å². The fourth-order valence-corrected chi connectivity index (χ4v) is 6.51. The molecule has 1 aliphatic rings. The predicted molar refractivity (Wildman–Crippen MR) is 164 cm³/mol. The van der Waals surface area contributed by atoms with Crippen LogP contribution in [0.1, 0.15) is 48.8 Å². The van der Waals surface area contributed by atoms with E-state index in [0.717, 1.165) is 36.8 Å². The highest BCUT2D eigenvalue weighted by Gasteiger charge is 2.32. The van der Waals surface area contributed by atoms with E-state index in [9.17, 15) is 9.59 Å². The van der Waals surface area contributed by atoms with Crippen LogP contribution in [0.4, 0.5) is 0 Å². The zero-order valence-corrected chi connectivity index (χ0v) is 24.8. The molecule has 0 spiro atoms. The van der Waals surface area contributed by atoms with E-state index < -0.39 is 6.04 Å². The third-order valence-electron chi connectivity index (χ3n) is 7.00. The summed E-state index contributed by atoms with van der Waals surface area (Å²) in [6.45, 7) is 0.144. The van der Waals surface area contributed by atoms with E-state index in [2.05, 4.69) is 5.32 Å². The molecule has 1 unspecified atom stereocenters. The maximum Gasteiger partial charge on any atom is 0.243 e. The van der Waals surface area contributed by atoms with Crippen LogP contribution in [0.15, 0.2) is 72.8 Å². The maximum atomic E-state index is 13.9. The third-order valence-corrected chi connectivity index (χ3v) is 8.93. The Morgan fingerprint density at radius 2 is 1.54 bits per heavy atom. The van der Waals surface area contributed by atoms with E-state index in [4.69, 9.17) is 34.8 Å². The normalized spacial score (nSPS) is 14.5. The van der Waals surface area contributed by atoms with E-state index in [1.165, 1.54) is 18.2 Å². The van der Waals surface area contributed by atoms with Gasteiger partial charge in [0, 0.05) is 45.4 Å². The largest absolute Gasteiger partial charge is 0.352 e. The summed E-state index contributed by atoms with van der Waals surface area (Å²) in [6.07, 6.45) is 5.72. The summed E-state index contributed by atoms with van der Waals surface area (Å²) in [5.74, 6) is 0.557. The third kappa shape index (κ3) is 8.91. The standard InChI is InChI=1S/C31H33Cl3N2O2S/c32-24-12-7-11-23(17-24)20-39-21-30(37)36(19-26-27(33)15-8-16-28(26)34)29(18-22-9-3-1-4-10-22)31(38)35-25-13-5-2-6-14-25/h1,3-4,7-12,15-17,25,29H,2,5-6,13-14,18-21H2,(H,35,38). The molecule has 0 bridgehead atoms. The number of carbonyl (C=O) groups is 2. The van der Waals surface area contributed by atoms with Crippen LogP contribution in [0, 0.1) is 0 Å². The van der Waals surface area contributed by atoms with Crippen molar-refractivity contribution in [3.05, 3.63) is 105 Å². The zero-order valence-electron chi connectivity index (χ0n) is 21.8. The van der Waals surface area contributed by atoms with Crippen molar-refractivity contribution < 1.29 is 9.59 Å². The number of hydrogen-bond donors (Lipinski definition) is 1. The van der Waals surface area contributed by atoms with Crippen molar-refractivity contribution in [2.45, 2.75) is 62.9 Å². The molecule has 4 rings (SSSR count). The molecule has 0 heterocycles. The van der Waals surface area contributed by atoms with Gasteiger partial charge in [-0.15, -0.1) is 11.8 Å². The first-order chi connectivity index (χ1) is 18.9. The Bertz CT molecular complexity index is 1230. The molecular formula is C31H33Cl3N2O2S. The summed E-state index contributed by atoms with van der Waals surface area (Å²) >= 11 is 20.7.